The van der Waals surface area contributed by atoms with Crippen LogP contribution in [0.5, 0.6) is 0 Å². The van der Waals surface area contributed by atoms with Crippen molar-refractivity contribution in [3.8, 4) is 0 Å². The average Bonchev–Trinajstić information content (AvgIpc) is 2.09. The number of hydrogen-bond donors (Lipinski definition) is 1. The molecule has 0 radical (unpaired) electrons. The van der Waals surface area contributed by atoms with E-state index in [9.17, 15) is 18.9 Å². The number of nitrogens with two attached hydrogens (primary N) is 1. The minimum Gasteiger partial charge on any atom is -0.393 e. The zero-order valence-electron chi connectivity index (χ0n) is 7.37. The molecule has 0 amide bonds. The van der Waals surface area contributed by atoms with Crippen LogP contribution < -0.4 is 5.73 Å². The Morgan fingerprint density at radius 1 is 1.47 bits per heavy atom. The Bertz CT molecular complexity index is 437. The summed E-state index contributed by atoms with van der Waals surface area (Å²) < 4.78 is 25.5. The molecule has 1 aromatic rings. The number of nitrogens with zero attached hydrogens (tertiary/aromatic N) is 1. The van der Waals surface area contributed by atoms with Crippen molar-refractivity contribution in [1.82, 2.24) is 0 Å². The van der Waals surface area contributed by atoms with Crippen molar-refractivity contribution in [3.05, 3.63) is 39.4 Å². The molecule has 0 atom stereocenters. The summed E-state index contributed by atoms with van der Waals surface area (Å²) in [5.74, 6) is -2.43. The maximum absolute atomic E-state index is 12.8. The summed E-state index contributed by atoms with van der Waals surface area (Å²) >= 11 is 4.54. The van der Waals surface area contributed by atoms with Gasteiger partial charge >= 0.3 is 0 Å². The summed E-state index contributed by atoms with van der Waals surface area (Å²) in [5, 5.41) is 10.5. The predicted molar refractivity (Wildman–Crippen MR) is 53.5 cm³/mol. The molecule has 7 heteroatoms. The molecule has 0 saturated heterocycles. The molecule has 1 aromatic carbocycles. The number of thiocarbonyl (C=S) groups is 1. The Kier molecular flexibility index (Phi) is 3.25. The summed E-state index contributed by atoms with van der Waals surface area (Å²) in [7, 11) is 0. The monoisotopic (exact) mass is 232 g/mol. The first kappa shape index (κ1) is 11.4. The molecule has 0 fully saturated rings. The summed E-state index contributed by atoms with van der Waals surface area (Å²) in [6.07, 6.45) is -0.136. The van der Waals surface area contributed by atoms with Crippen molar-refractivity contribution in [2.24, 2.45) is 5.73 Å². The van der Waals surface area contributed by atoms with Crippen molar-refractivity contribution in [2.45, 2.75) is 6.42 Å². The number of nitro benzene ring substituents is 1. The van der Waals surface area contributed by atoms with Crippen LogP contribution in [0.1, 0.15) is 5.56 Å². The summed E-state index contributed by atoms with van der Waals surface area (Å²) in [4.78, 5) is 9.67. The van der Waals surface area contributed by atoms with Crippen LogP contribution in [0, 0.1) is 21.7 Å². The van der Waals surface area contributed by atoms with E-state index in [2.05, 4.69) is 12.2 Å². The Morgan fingerprint density at radius 3 is 2.47 bits per heavy atom. The Hall–Kier alpha value is -1.63. The molecule has 15 heavy (non-hydrogen) atoms. The summed E-state index contributed by atoms with van der Waals surface area (Å²) in [6.45, 7) is 0. The highest BCUT2D eigenvalue weighted by molar-refractivity contribution is 7.80. The number of nitro groups is 1. The highest BCUT2D eigenvalue weighted by atomic mass is 32.1. The fourth-order valence-electron chi connectivity index (χ4n) is 1.08. The van der Waals surface area contributed by atoms with Crippen LogP contribution in [0.2, 0.25) is 0 Å². The van der Waals surface area contributed by atoms with E-state index < -0.39 is 22.2 Å². The van der Waals surface area contributed by atoms with Crippen molar-refractivity contribution in [3.63, 3.8) is 0 Å². The maximum Gasteiger partial charge on any atom is 0.276 e. The molecule has 2 N–H and O–H groups in total. The zero-order chi connectivity index (χ0) is 11.6. The minimum atomic E-state index is -1.27. The molecule has 0 aromatic heterocycles. The first-order chi connectivity index (χ1) is 6.91. The fraction of sp³-hybridized carbons (Fsp3) is 0.125. The van der Waals surface area contributed by atoms with Crippen LogP contribution >= 0.6 is 12.2 Å². The molecule has 0 bridgehead atoms. The first-order valence-corrected chi connectivity index (χ1v) is 4.23. The number of hydrogen-bond acceptors (Lipinski definition) is 3. The van der Waals surface area contributed by atoms with Crippen molar-refractivity contribution in [2.75, 3.05) is 0 Å². The average molecular weight is 232 g/mol. The van der Waals surface area contributed by atoms with Gasteiger partial charge in [0.1, 0.15) is 0 Å². The van der Waals surface area contributed by atoms with Gasteiger partial charge in [-0.15, -0.1) is 0 Å². The van der Waals surface area contributed by atoms with Crippen LogP contribution in [-0.2, 0) is 6.42 Å². The molecule has 0 unspecified atom stereocenters. The Balaban J connectivity index is 3.28. The quantitative estimate of drug-likeness (QED) is 0.489. The highest BCUT2D eigenvalue weighted by Crippen LogP contribution is 2.22. The third kappa shape index (κ3) is 2.66. The lowest BCUT2D eigenvalue weighted by Crippen LogP contribution is -2.13. The van der Waals surface area contributed by atoms with Gasteiger partial charge in [0.2, 0.25) is 0 Å². The molecular formula is C8H6F2N2O2S. The molecule has 1 rings (SSSR count). The van der Waals surface area contributed by atoms with E-state index in [1.807, 2.05) is 0 Å². The summed E-state index contributed by atoms with van der Waals surface area (Å²) in [5.41, 5.74) is 4.61. The Morgan fingerprint density at radius 2 is 2.00 bits per heavy atom. The van der Waals surface area contributed by atoms with Gasteiger partial charge in [0.15, 0.2) is 11.6 Å². The second-order valence-electron chi connectivity index (χ2n) is 2.80. The number of rotatable bonds is 3. The van der Waals surface area contributed by atoms with Crippen molar-refractivity contribution >= 4 is 22.9 Å². The largest absolute Gasteiger partial charge is 0.393 e. The minimum absolute atomic E-state index is 0.0240. The lowest BCUT2D eigenvalue weighted by molar-refractivity contribution is -0.385. The van der Waals surface area contributed by atoms with Crippen LogP contribution in [0.3, 0.4) is 0 Å². The van der Waals surface area contributed by atoms with Crippen LogP contribution in [0.4, 0.5) is 14.5 Å². The van der Waals surface area contributed by atoms with E-state index in [0.717, 1.165) is 6.07 Å². The highest BCUT2D eigenvalue weighted by Gasteiger charge is 2.18. The van der Waals surface area contributed by atoms with E-state index in [1.165, 1.54) is 0 Å². The molecular weight excluding hydrogens is 226 g/mol. The van der Waals surface area contributed by atoms with E-state index in [0.29, 0.717) is 6.07 Å². The molecule has 0 spiro atoms. The topological polar surface area (TPSA) is 69.2 Å². The number of benzene rings is 1. The van der Waals surface area contributed by atoms with Gasteiger partial charge in [0.05, 0.1) is 16.0 Å². The second-order valence-corrected chi connectivity index (χ2v) is 3.32. The third-order valence-electron chi connectivity index (χ3n) is 1.68. The SMILES string of the molecule is NC(=S)Cc1cc(F)c(F)cc1[N+](=O)[O-]. The third-order valence-corrected chi connectivity index (χ3v) is 1.83. The smallest absolute Gasteiger partial charge is 0.276 e. The molecule has 4 nitrogen and oxygen atoms in total. The zero-order valence-corrected chi connectivity index (χ0v) is 8.18. The Labute approximate surface area is 88.8 Å². The molecule has 0 aliphatic carbocycles. The van der Waals surface area contributed by atoms with E-state index in [-0.39, 0.29) is 17.0 Å². The van der Waals surface area contributed by atoms with Crippen LogP contribution in [0.15, 0.2) is 12.1 Å². The van der Waals surface area contributed by atoms with Crippen molar-refractivity contribution < 1.29 is 13.7 Å². The lowest BCUT2D eigenvalue weighted by Gasteiger charge is -2.02. The second kappa shape index (κ2) is 4.26. The molecule has 0 heterocycles. The van der Waals surface area contributed by atoms with Gasteiger partial charge in [-0.1, -0.05) is 12.2 Å². The van der Waals surface area contributed by atoms with Crippen molar-refractivity contribution in [1.29, 1.82) is 0 Å². The van der Waals surface area contributed by atoms with Gasteiger partial charge in [-0.05, 0) is 6.07 Å². The predicted octanol–water partition coefficient (Wildman–Crippen LogP) is 1.70. The fourth-order valence-corrected chi connectivity index (χ4v) is 1.23. The molecule has 0 saturated carbocycles. The normalized spacial score (nSPS) is 10.0. The molecule has 80 valence electrons. The van der Waals surface area contributed by atoms with Gasteiger partial charge in [0, 0.05) is 12.0 Å². The molecule has 0 aliphatic heterocycles. The summed E-state index contributed by atoms with van der Waals surface area (Å²) in [6, 6.07) is 1.25. The lowest BCUT2D eigenvalue weighted by atomic mass is 10.1. The van der Waals surface area contributed by atoms with Gasteiger partial charge < -0.3 is 5.73 Å². The van der Waals surface area contributed by atoms with Crippen LogP contribution in [-0.4, -0.2) is 9.91 Å². The maximum atomic E-state index is 12.8. The standard InChI is InChI=1S/C8H6F2N2O2S/c9-5-1-4(2-8(11)15)7(12(13)14)3-6(5)10/h1,3H,2H2,(H2,11,15). The van der Waals surface area contributed by atoms with Gasteiger partial charge in [0.25, 0.3) is 5.69 Å². The van der Waals surface area contributed by atoms with E-state index >= 15 is 0 Å². The van der Waals surface area contributed by atoms with Gasteiger partial charge in [-0.2, -0.15) is 0 Å². The molecule has 0 aliphatic rings. The van der Waals surface area contributed by atoms with Gasteiger partial charge in [-0.3, -0.25) is 10.1 Å². The van der Waals surface area contributed by atoms with E-state index in [1.54, 1.807) is 0 Å². The van der Waals surface area contributed by atoms with Crippen LogP contribution in [0.25, 0.3) is 0 Å². The van der Waals surface area contributed by atoms with Gasteiger partial charge in [-0.25, -0.2) is 8.78 Å². The number of halogens is 2. The van der Waals surface area contributed by atoms with E-state index in [4.69, 9.17) is 5.73 Å². The first-order valence-electron chi connectivity index (χ1n) is 3.82.